The highest BCUT2D eigenvalue weighted by Gasteiger charge is 2.25. The van der Waals surface area contributed by atoms with Crippen molar-refractivity contribution in [3.63, 3.8) is 0 Å². The van der Waals surface area contributed by atoms with Crippen LogP contribution in [0.15, 0.2) is 36.4 Å². The third-order valence-corrected chi connectivity index (χ3v) is 5.45. The molecule has 1 aliphatic heterocycles. The number of rotatable bonds is 8. The first kappa shape index (κ1) is 22.2. The fourth-order valence-corrected chi connectivity index (χ4v) is 3.93. The van der Waals surface area contributed by atoms with Gasteiger partial charge in [0.05, 0.1) is 12.1 Å². The van der Waals surface area contributed by atoms with Crippen LogP contribution < -0.4 is 16.0 Å². The highest BCUT2D eigenvalue weighted by molar-refractivity contribution is 5.73. The van der Waals surface area contributed by atoms with Crippen molar-refractivity contribution in [3.05, 3.63) is 64.7 Å². The Morgan fingerprint density at radius 2 is 1.93 bits per heavy atom. The minimum atomic E-state index is -0.923. The molecular formula is C23H29F2N3O2. The molecule has 0 unspecified atom stereocenters. The van der Waals surface area contributed by atoms with Crippen molar-refractivity contribution in [2.75, 3.05) is 18.4 Å². The molecule has 0 spiro atoms. The Kier molecular flexibility index (Phi) is 7.39. The predicted octanol–water partition coefficient (Wildman–Crippen LogP) is 3.08. The van der Waals surface area contributed by atoms with Crippen LogP contribution in [0.1, 0.15) is 43.0 Å². The first-order valence-corrected chi connectivity index (χ1v) is 10.4. The number of nitrogens with one attached hydrogen (secondary N) is 3. The van der Waals surface area contributed by atoms with Crippen LogP contribution in [0, 0.1) is 11.6 Å². The van der Waals surface area contributed by atoms with E-state index in [1.807, 2.05) is 0 Å². The Balaban J connectivity index is 1.69. The summed E-state index contributed by atoms with van der Waals surface area (Å²) in [6.07, 6.45) is 1.01. The zero-order valence-electron chi connectivity index (χ0n) is 17.3. The lowest BCUT2D eigenvalue weighted by Gasteiger charge is -2.31. The van der Waals surface area contributed by atoms with Crippen molar-refractivity contribution < 1.29 is 18.7 Å². The average molecular weight is 418 g/mol. The first-order valence-electron chi connectivity index (χ1n) is 10.4. The summed E-state index contributed by atoms with van der Waals surface area (Å²) in [5, 5.41) is 20.3. The van der Waals surface area contributed by atoms with Gasteiger partial charge >= 0.3 is 0 Å². The number of anilines is 1. The predicted molar refractivity (Wildman–Crippen MR) is 113 cm³/mol. The molecule has 30 heavy (non-hydrogen) atoms. The van der Waals surface area contributed by atoms with Crippen molar-refractivity contribution in [1.82, 2.24) is 10.6 Å². The second-order valence-electron chi connectivity index (χ2n) is 7.81. The second-order valence-corrected chi connectivity index (χ2v) is 7.81. The summed E-state index contributed by atoms with van der Waals surface area (Å²) >= 11 is 0. The maximum absolute atomic E-state index is 13.5. The van der Waals surface area contributed by atoms with Gasteiger partial charge < -0.3 is 21.1 Å². The van der Waals surface area contributed by atoms with Gasteiger partial charge in [-0.3, -0.25) is 4.79 Å². The molecule has 1 aliphatic rings. The van der Waals surface area contributed by atoms with Gasteiger partial charge in [0, 0.05) is 37.8 Å². The van der Waals surface area contributed by atoms with Gasteiger partial charge in [-0.2, -0.15) is 0 Å². The fourth-order valence-electron chi connectivity index (χ4n) is 3.93. The molecule has 0 saturated carbocycles. The lowest BCUT2D eigenvalue weighted by atomic mass is 9.94. The highest BCUT2D eigenvalue weighted by atomic mass is 19.1. The molecule has 4 N–H and O–H groups in total. The van der Waals surface area contributed by atoms with Gasteiger partial charge in [-0.15, -0.1) is 0 Å². The van der Waals surface area contributed by atoms with E-state index in [4.69, 9.17) is 0 Å². The van der Waals surface area contributed by atoms with Crippen LogP contribution in [0.25, 0.3) is 0 Å². The first-order chi connectivity index (χ1) is 14.4. The monoisotopic (exact) mass is 417 g/mol. The quantitative estimate of drug-likeness (QED) is 0.533. The standard InChI is InChI=1S/C23H29F2N3O2/c1-3-15-4-5-20-19(10-15)21(6-7-26-20)27-13-23(30)22(28-14(2)29)11-16-8-17(24)12-18(25)9-16/h4-5,8-10,12,21-23,26-27,30H,3,6-7,11,13H2,1-2H3,(H,28,29)/t21-,22-,23+/m0/s1. The number of carbonyl (C=O) groups is 1. The third-order valence-electron chi connectivity index (χ3n) is 5.45. The SMILES string of the molecule is CCc1ccc2c(c1)[C@@H](NC[C@@H](O)[C@H](Cc1cc(F)cc(F)c1)NC(C)=O)CCN2. The van der Waals surface area contributed by atoms with E-state index < -0.39 is 23.8 Å². The van der Waals surface area contributed by atoms with E-state index in [-0.39, 0.29) is 24.9 Å². The Bertz CT molecular complexity index is 870. The average Bonchev–Trinajstić information content (AvgIpc) is 2.70. The lowest BCUT2D eigenvalue weighted by Crippen LogP contribution is -2.48. The molecule has 7 heteroatoms. The minimum absolute atomic E-state index is 0.0759. The molecule has 3 rings (SSSR count). The number of fused-ring (bicyclic) bond motifs is 1. The van der Waals surface area contributed by atoms with Gasteiger partial charge in [-0.05, 0) is 54.2 Å². The third kappa shape index (κ3) is 5.77. The Morgan fingerprint density at radius 1 is 1.20 bits per heavy atom. The number of aliphatic hydroxyl groups excluding tert-OH is 1. The van der Waals surface area contributed by atoms with Crippen LogP contribution >= 0.6 is 0 Å². The van der Waals surface area contributed by atoms with E-state index in [0.29, 0.717) is 5.56 Å². The number of amides is 1. The summed E-state index contributed by atoms with van der Waals surface area (Å²) < 4.78 is 27.1. The molecule has 5 nitrogen and oxygen atoms in total. The van der Waals surface area contributed by atoms with E-state index in [9.17, 15) is 18.7 Å². The topological polar surface area (TPSA) is 73.4 Å². The summed E-state index contributed by atoms with van der Waals surface area (Å²) in [5.74, 6) is -1.68. The molecule has 2 aromatic rings. The van der Waals surface area contributed by atoms with Gasteiger partial charge in [0.2, 0.25) is 5.91 Å². The molecule has 0 fully saturated rings. The van der Waals surface area contributed by atoms with Crippen LogP contribution in [0.3, 0.4) is 0 Å². The molecule has 1 heterocycles. The molecule has 1 amide bonds. The van der Waals surface area contributed by atoms with E-state index in [1.165, 1.54) is 24.6 Å². The Hall–Kier alpha value is -2.51. The number of aliphatic hydroxyl groups is 1. The number of carbonyl (C=O) groups excluding carboxylic acids is 1. The maximum Gasteiger partial charge on any atom is 0.217 e. The van der Waals surface area contributed by atoms with Crippen molar-refractivity contribution in [2.45, 2.75) is 51.3 Å². The lowest BCUT2D eigenvalue weighted by molar-refractivity contribution is -0.120. The maximum atomic E-state index is 13.5. The molecule has 3 atom stereocenters. The van der Waals surface area contributed by atoms with Crippen molar-refractivity contribution >= 4 is 11.6 Å². The summed E-state index contributed by atoms with van der Waals surface area (Å²) in [6, 6.07) is 9.00. The van der Waals surface area contributed by atoms with Crippen molar-refractivity contribution in [2.24, 2.45) is 0 Å². The second kappa shape index (κ2) is 10.00. The van der Waals surface area contributed by atoms with Gasteiger partial charge in [0.25, 0.3) is 0 Å². The minimum Gasteiger partial charge on any atom is -0.390 e. The van der Waals surface area contributed by atoms with Crippen molar-refractivity contribution in [1.29, 1.82) is 0 Å². The van der Waals surface area contributed by atoms with Gasteiger partial charge in [0.15, 0.2) is 0 Å². The Labute approximate surface area is 175 Å². The number of hydrogen-bond acceptors (Lipinski definition) is 4. The van der Waals surface area contributed by atoms with Crippen LogP contribution in [-0.4, -0.2) is 36.2 Å². The largest absolute Gasteiger partial charge is 0.390 e. The molecule has 2 aromatic carbocycles. The van der Waals surface area contributed by atoms with Crippen molar-refractivity contribution in [3.8, 4) is 0 Å². The molecule has 0 radical (unpaired) electrons. The normalized spacial score (nSPS) is 17.6. The number of halogens is 2. The van der Waals surface area contributed by atoms with Crippen LogP contribution in [-0.2, 0) is 17.6 Å². The molecule has 0 aliphatic carbocycles. The van der Waals surface area contributed by atoms with Gasteiger partial charge in [0.1, 0.15) is 11.6 Å². The van der Waals surface area contributed by atoms with E-state index in [2.05, 4.69) is 41.1 Å². The summed E-state index contributed by atoms with van der Waals surface area (Å²) in [7, 11) is 0. The molecule has 0 aromatic heterocycles. The van der Waals surface area contributed by atoms with E-state index in [0.717, 1.165) is 36.7 Å². The smallest absolute Gasteiger partial charge is 0.217 e. The van der Waals surface area contributed by atoms with Gasteiger partial charge in [-0.1, -0.05) is 19.1 Å². The van der Waals surface area contributed by atoms with Gasteiger partial charge in [-0.25, -0.2) is 8.78 Å². The number of hydrogen-bond donors (Lipinski definition) is 4. The Morgan fingerprint density at radius 3 is 2.60 bits per heavy atom. The number of benzene rings is 2. The van der Waals surface area contributed by atoms with Crippen LogP contribution in [0.4, 0.5) is 14.5 Å². The number of aryl methyl sites for hydroxylation is 1. The van der Waals surface area contributed by atoms with Crippen LogP contribution in [0.5, 0.6) is 0 Å². The molecule has 0 bridgehead atoms. The summed E-state index contributed by atoms with van der Waals surface area (Å²) in [5.41, 5.74) is 3.87. The molecule has 0 saturated heterocycles. The zero-order valence-corrected chi connectivity index (χ0v) is 17.3. The summed E-state index contributed by atoms with van der Waals surface area (Å²) in [6.45, 7) is 4.53. The molecular weight excluding hydrogens is 388 g/mol. The molecule has 162 valence electrons. The van der Waals surface area contributed by atoms with Crippen LogP contribution in [0.2, 0.25) is 0 Å². The summed E-state index contributed by atoms with van der Waals surface area (Å²) in [4.78, 5) is 11.6. The van der Waals surface area contributed by atoms with E-state index in [1.54, 1.807) is 0 Å². The zero-order chi connectivity index (χ0) is 21.7. The fraction of sp³-hybridized carbons (Fsp3) is 0.435. The van der Waals surface area contributed by atoms with E-state index >= 15 is 0 Å². The highest BCUT2D eigenvalue weighted by Crippen LogP contribution is 2.30.